The van der Waals surface area contributed by atoms with Crippen LogP contribution in [0.3, 0.4) is 0 Å². The van der Waals surface area contributed by atoms with Crippen molar-refractivity contribution >= 4 is 0 Å². The molecule has 0 aliphatic heterocycles. The molecule has 129 heavy (non-hydrogen) atoms. The Morgan fingerprint density at radius 1 is 0.271 bits per heavy atom. The first-order valence-electron chi connectivity index (χ1n) is 48.7. The van der Waals surface area contributed by atoms with Crippen LogP contribution in [0, 0.1) is 155 Å². The Balaban J connectivity index is 0.00000159. The molecule has 3 aromatic heterocycles. The summed E-state index contributed by atoms with van der Waals surface area (Å²) in [5, 5.41) is 0. The molecule has 0 radical (unpaired) electrons. The van der Waals surface area contributed by atoms with Gasteiger partial charge in [-0.05, 0) is 217 Å². The summed E-state index contributed by atoms with van der Waals surface area (Å²) in [4.78, 5) is 0. The predicted molar refractivity (Wildman–Crippen MR) is 558 cm³/mol. The molecule has 0 saturated heterocycles. The summed E-state index contributed by atoms with van der Waals surface area (Å²) < 4.78 is 14.1. The summed E-state index contributed by atoms with van der Waals surface area (Å²) in [7, 11) is 6.47. The van der Waals surface area contributed by atoms with Crippen LogP contribution >= 0.6 is 0 Å². The Hall–Kier alpha value is -5.15. The van der Waals surface area contributed by atoms with Crippen LogP contribution in [-0.2, 0) is 80.2 Å². The fourth-order valence-corrected chi connectivity index (χ4v) is 22.1. The van der Waals surface area contributed by atoms with Gasteiger partial charge < -0.3 is 44.6 Å². The first-order valence-corrected chi connectivity index (χ1v) is 48.7. The van der Waals surface area contributed by atoms with E-state index in [2.05, 4.69) is 403 Å². The molecular formula is C120H191N6Os2Ru+3. The molecule has 4 atom stereocenters. The van der Waals surface area contributed by atoms with Crippen LogP contribution < -0.4 is 13.7 Å². The van der Waals surface area contributed by atoms with Gasteiger partial charge in [-0.2, -0.15) is 13.7 Å². The number of nitrogens with zero attached hydrogens (tertiary/aromatic N) is 6. The van der Waals surface area contributed by atoms with Crippen molar-refractivity contribution in [2.24, 2.45) is 104 Å². The number of hydrogen-bond donors (Lipinski definition) is 0. The van der Waals surface area contributed by atoms with E-state index in [1.807, 2.05) is 0 Å². The molecule has 9 heteroatoms. The number of hydrogen-bond acceptors (Lipinski definition) is 0. The van der Waals surface area contributed by atoms with E-state index in [0.717, 1.165) is 76.9 Å². The molecular weight excluding hydrogens is 2010 g/mol. The number of aromatic nitrogens is 6. The van der Waals surface area contributed by atoms with Crippen LogP contribution in [0.2, 0.25) is 0 Å². The van der Waals surface area contributed by atoms with Crippen molar-refractivity contribution in [2.75, 3.05) is 0 Å². The van der Waals surface area contributed by atoms with Gasteiger partial charge in [-0.15, -0.1) is 0 Å². The van der Waals surface area contributed by atoms with Crippen molar-refractivity contribution in [3.8, 4) is 51.2 Å². The first-order chi connectivity index (χ1) is 56.8. The van der Waals surface area contributed by atoms with Crippen LogP contribution in [0.25, 0.3) is 51.2 Å². The Bertz CT molecular complexity index is 4470. The molecule has 6 aliphatic carbocycles. The number of benzene rings is 6. The molecule has 15 rings (SSSR count). The molecule has 6 saturated carbocycles. The van der Waals surface area contributed by atoms with E-state index in [1.165, 1.54) is 197 Å². The van der Waals surface area contributed by atoms with Gasteiger partial charge in [0, 0.05) is 33.4 Å². The molecule has 3 heterocycles. The van der Waals surface area contributed by atoms with E-state index in [-0.39, 0.29) is 104 Å². The third-order valence-electron chi connectivity index (χ3n) is 31.9. The topological polar surface area (TPSA) is 26.4 Å². The molecule has 4 unspecified atom stereocenters. The average Bonchev–Trinajstić information content (AvgIpc) is 1.69. The summed E-state index contributed by atoms with van der Waals surface area (Å²) in [6, 6.07) is 41.0. The molecule has 0 amide bonds. The maximum atomic E-state index is 2.57. The average molecular weight is 2200 g/mol. The Kier molecular flexibility index (Phi) is 54.1. The predicted octanol–water partition coefficient (Wildman–Crippen LogP) is 34.1. The van der Waals surface area contributed by atoms with E-state index in [0.29, 0.717) is 53.3 Å². The number of imidazole rings is 3. The number of rotatable bonds is 14. The Labute approximate surface area is 837 Å². The fraction of sp³-hybridized carbons (Fsp3) is 0.575. The SMILES string of the molecule is C1CCCC1.C1CCCC1.CC1C(C)C(C)C(C)C1C.CC1C(C)C(C)C(C)C1C.Cc1cc(C(C)C)c(-n2cc[n+](C)c2-c2ccccc2C)c(C(C)C)c1.Cc1ccccc1-c1n(-c2c(C(C)C)cc(C3C(C)C(C)C(C)C3C)cc2C(C)C)cc[n+]1C.Cc1ccccc1-c1n(-c2c(C(C)C)cc(C3CCCC3)cc2C(C)C)cc[n+]1C.[CH3-].[CH3-].[CH3-].[CH3-].[CH3-].[CH3-].[Os+2].[Os+2].[Ru+2]. The molecule has 6 nitrogen and oxygen atoms in total. The summed E-state index contributed by atoms with van der Waals surface area (Å²) >= 11 is 0. The van der Waals surface area contributed by atoms with Crippen LogP contribution in [0.4, 0.5) is 0 Å². The summed E-state index contributed by atoms with van der Waals surface area (Å²) in [5.41, 5.74) is 25.1. The van der Waals surface area contributed by atoms with Crippen molar-refractivity contribution in [3.63, 3.8) is 0 Å². The molecule has 6 aromatic carbocycles. The van der Waals surface area contributed by atoms with E-state index in [9.17, 15) is 0 Å². The molecule has 9 aromatic rings. The Morgan fingerprint density at radius 3 is 0.674 bits per heavy atom. The first kappa shape index (κ1) is 124. The maximum absolute atomic E-state index is 2.57. The second-order valence-electron chi connectivity index (χ2n) is 41.6. The van der Waals surface area contributed by atoms with Crippen LogP contribution in [0.15, 0.2) is 146 Å². The normalized spacial score (nSPS) is 22.9. The second-order valence-corrected chi connectivity index (χ2v) is 41.6. The van der Waals surface area contributed by atoms with Gasteiger partial charge in [-0.3, -0.25) is 0 Å². The minimum Gasteiger partial charge on any atom is -0.358 e. The van der Waals surface area contributed by atoms with Gasteiger partial charge in [-0.1, -0.05) is 354 Å². The van der Waals surface area contributed by atoms with Crippen LogP contribution in [-0.4, -0.2) is 13.7 Å². The standard InChI is InChI=1S/C32H45N2.C28H37N2.C24H31N2.2C10H20.2C5H10.6CH3.2Os.Ru/c1-19(2)28-17-26(30-24(8)22(6)23(7)25(30)9)18-29(20(3)4)31(28)34-16-15-33(10)32(34)27-14-12-11-13-21(27)5;1-19(2)25-17-23(22-12-8-9-13-22)18-26(20(3)4)27(25)30-16-15-29(6)28(30)24-14-10-7-11-21(24)5;1-16(2)21-14-18(5)15-22(17(3)4)23(21)26-13-12-25(7)24(26)20-11-9-8-10-19(20)6;2*1-6-7(2)9(4)10(5)8(6)3;2*1-2-4-5-3-1;;;;;;;;;/h11-20,22-25,30H,1-10H3;7,10-11,14-20,22H,8-9,12-13H2,1-6H3;8-17H,1-7H3;2*6-10H,1-5H3;2*1-5H2;6*1H3;;;/q3*+1;;;;;6*-1;3*+2. The van der Waals surface area contributed by atoms with Gasteiger partial charge in [0.25, 0.3) is 17.5 Å². The molecule has 0 N–H and O–H groups in total. The van der Waals surface area contributed by atoms with Crippen LogP contribution in [0.1, 0.15) is 384 Å². The zero-order chi connectivity index (χ0) is 88.2. The minimum atomic E-state index is 0. The summed E-state index contributed by atoms with van der Waals surface area (Å²) in [5.74, 6) is 20.2. The smallest absolute Gasteiger partial charge is 0.358 e. The van der Waals surface area contributed by atoms with Crippen molar-refractivity contribution in [3.05, 3.63) is 258 Å². The van der Waals surface area contributed by atoms with Crippen molar-refractivity contribution < 1.29 is 72.8 Å². The largest absolute Gasteiger partial charge is 2.00 e. The maximum Gasteiger partial charge on any atom is 2.00 e. The molecule has 0 bridgehead atoms. The third-order valence-corrected chi connectivity index (χ3v) is 31.9. The quantitative estimate of drug-likeness (QED) is 0.0589. The Morgan fingerprint density at radius 2 is 0.465 bits per heavy atom. The number of aryl methyl sites for hydroxylation is 7. The minimum absolute atomic E-state index is 0. The molecule has 0 spiro atoms. The van der Waals surface area contributed by atoms with Gasteiger partial charge in [0.15, 0.2) is 0 Å². The molecule has 6 fully saturated rings. The zero-order valence-electron chi connectivity index (χ0n) is 89.7. The van der Waals surface area contributed by atoms with E-state index < -0.39 is 0 Å². The summed E-state index contributed by atoms with van der Waals surface area (Å²) in [6.45, 7) is 70.7. The monoisotopic (exact) mass is 2200 g/mol. The molecule has 6 aliphatic rings. The van der Waals surface area contributed by atoms with Crippen molar-refractivity contribution in [2.45, 2.75) is 345 Å². The van der Waals surface area contributed by atoms with E-state index in [1.54, 1.807) is 11.1 Å². The van der Waals surface area contributed by atoms with Crippen molar-refractivity contribution in [1.29, 1.82) is 0 Å². The van der Waals surface area contributed by atoms with Gasteiger partial charge in [0.1, 0.15) is 54.2 Å². The fourth-order valence-electron chi connectivity index (χ4n) is 22.1. The second kappa shape index (κ2) is 56.4. The zero-order valence-corrected chi connectivity index (χ0v) is 96.5. The van der Waals surface area contributed by atoms with Crippen LogP contribution in [0.5, 0.6) is 0 Å². The van der Waals surface area contributed by atoms with Crippen molar-refractivity contribution in [1.82, 2.24) is 13.7 Å². The van der Waals surface area contributed by atoms with E-state index in [4.69, 9.17) is 0 Å². The van der Waals surface area contributed by atoms with Gasteiger partial charge in [-0.25, -0.2) is 13.7 Å². The third kappa shape index (κ3) is 29.2. The van der Waals surface area contributed by atoms with Gasteiger partial charge in [0.2, 0.25) is 0 Å². The van der Waals surface area contributed by atoms with E-state index >= 15 is 0 Å². The summed E-state index contributed by atoms with van der Waals surface area (Å²) in [6.07, 6.45) is 33.7. The molecule has 722 valence electrons. The van der Waals surface area contributed by atoms with Gasteiger partial charge in [0.05, 0.1) is 37.8 Å². The van der Waals surface area contributed by atoms with Gasteiger partial charge >= 0.3 is 59.1 Å².